The van der Waals surface area contributed by atoms with E-state index in [2.05, 4.69) is 26.0 Å². The van der Waals surface area contributed by atoms with Gasteiger partial charge in [-0.2, -0.15) is 0 Å². The van der Waals surface area contributed by atoms with Crippen LogP contribution in [0, 0.1) is 5.92 Å². The average molecular weight is 370 g/mol. The molecule has 0 atom stereocenters. The molecule has 0 spiro atoms. The number of urea groups is 1. The molecule has 0 aromatic carbocycles. The zero-order chi connectivity index (χ0) is 15.4. The van der Waals surface area contributed by atoms with E-state index in [0.717, 1.165) is 12.8 Å². The first-order valence-corrected chi connectivity index (χ1v) is 9.51. The molecule has 1 heterocycles. The van der Waals surface area contributed by atoms with Gasteiger partial charge < -0.3 is 10.2 Å². The van der Waals surface area contributed by atoms with Gasteiger partial charge in [0.25, 0.3) is 0 Å². The third-order valence-electron chi connectivity index (χ3n) is 3.12. The van der Waals surface area contributed by atoms with Gasteiger partial charge in [0.05, 0.1) is 0 Å². The quantitative estimate of drug-likeness (QED) is 0.736. The highest BCUT2D eigenvalue weighted by Crippen LogP contribution is 2.17. The lowest BCUT2D eigenvalue weighted by molar-refractivity contribution is 0.163. The van der Waals surface area contributed by atoms with Crippen molar-refractivity contribution in [2.45, 2.75) is 39.2 Å². The molecule has 1 fully saturated rings. The zero-order valence-electron chi connectivity index (χ0n) is 12.3. The molecule has 1 saturated heterocycles. The number of sulfonamides is 1. The lowest BCUT2D eigenvalue weighted by atomic mass is 9.97. The predicted molar refractivity (Wildman–Crippen MR) is 83.3 cm³/mol. The fraction of sp³-hybridized carbons (Fsp3) is 0.917. The number of carbonyl (C=O) groups excluding carboxylic acids is 1. The molecule has 8 heteroatoms. The van der Waals surface area contributed by atoms with Crippen LogP contribution < -0.4 is 10.0 Å². The number of halogens is 1. The first kappa shape index (κ1) is 17.7. The minimum Gasteiger partial charge on any atom is -0.333 e. The number of carbonyl (C=O) groups is 1. The van der Waals surface area contributed by atoms with Crippen molar-refractivity contribution in [3.63, 3.8) is 0 Å². The largest absolute Gasteiger partial charge is 0.333 e. The molecule has 2 N–H and O–H groups in total. The van der Waals surface area contributed by atoms with Gasteiger partial charge in [-0.15, -0.1) is 0 Å². The van der Waals surface area contributed by atoms with Gasteiger partial charge in [0.2, 0.25) is 10.0 Å². The highest BCUT2D eigenvalue weighted by Gasteiger charge is 2.25. The first-order valence-electron chi connectivity index (χ1n) is 6.73. The summed E-state index contributed by atoms with van der Waals surface area (Å²) in [4.78, 5) is 13.8. The van der Waals surface area contributed by atoms with Crippen molar-refractivity contribution in [2.75, 3.05) is 24.3 Å². The Hall–Kier alpha value is -0.340. The Labute approximate surface area is 129 Å². The Morgan fingerprint density at radius 2 is 1.85 bits per heavy atom. The summed E-state index contributed by atoms with van der Waals surface area (Å²) in [5.41, 5.74) is -0.237. The lowest BCUT2D eigenvalue weighted by Gasteiger charge is -2.34. The van der Waals surface area contributed by atoms with Crippen LogP contribution >= 0.6 is 15.9 Å². The van der Waals surface area contributed by atoms with Crippen molar-refractivity contribution < 1.29 is 13.2 Å². The van der Waals surface area contributed by atoms with E-state index in [-0.39, 0.29) is 16.2 Å². The van der Waals surface area contributed by atoms with Crippen molar-refractivity contribution in [2.24, 2.45) is 5.92 Å². The molecular formula is C12H24BrN3O3S. The summed E-state index contributed by atoms with van der Waals surface area (Å²) in [6, 6.07) is -0.0445. The van der Waals surface area contributed by atoms with E-state index in [1.807, 2.05) is 20.8 Å². The number of alkyl halides is 1. The number of nitrogens with zero attached hydrogens (tertiary/aromatic N) is 1. The van der Waals surface area contributed by atoms with Gasteiger partial charge in [-0.05, 0) is 39.5 Å². The van der Waals surface area contributed by atoms with Crippen LogP contribution in [0.5, 0.6) is 0 Å². The number of hydrogen-bond donors (Lipinski definition) is 2. The molecule has 0 aliphatic carbocycles. The highest BCUT2D eigenvalue weighted by molar-refractivity contribution is 9.10. The van der Waals surface area contributed by atoms with Crippen LogP contribution in [0.2, 0.25) is 0 Å². The Morgan fingerprint density at radius 1 is 1.30 bits per heavy atom. The van der Waals surface area contributed by atoms with Gasteiger partial charge in [0, 0.05) is 25.2 Å². The van der Waals surface area contributed by atoms with Gasteiger partial charge in [-0.3, -0.25) is 0 Å². The second-order valence-corrected chi connectivity index (χ2v) is 9.29. The van der Waals surface area contributed by atoms with Crippen molar-refractivity contribution in [1.29, 1.82) is 0 Å². The summed E-state index contributed by atoms with van der Waals surface area (Å²) < 4.78 is 25.2. The molecule has 2 amide bonds. The van der Waals surface area contributed by atoms with E-state index in [0.29, 0.717) is 25.6 Å². The number of hydrogen-bond acceptors (Lipinski definition) is 3. The molecule has 0 aromatic heterocycles. The van der Waals surface area contributed by atoms with E-state index >= 15 is 0 Å². The summed E-state index contributed by atoms with van der Waals surface area (Å²) in [6.45, 7) is 7.64. The van der Waals surface area contributed by atoms with Crippen LogP contribution in [-0.2, 0) is 10.0 Å². The Kier molecular flexibility index (Phi) is 6.27. The number of piperidine rings is 1. The third kappa shape index (κ3) is 6.41. The maximum atomic E-state index is 12.0. The second kappa shape index (κ2) is 7.09. The molecule has 0 radical (unpaired) electrons. The molecule has 20 heavy (non-hydrogen) atoms. The minimum atomic E-state index is -3.20. The summed E-state index contributed by atoms with van der Waals surface area (Å²) in [5, 5.41) is 2.94. The maximum Gasteiger partial charge on any atom is 0.317 e. The van der Waals surface area contributed by atoms with Crippen LogP contribution in [-0.4, -0.2) is 49.2 Å². The Bertz CT molecular complexity index is 426. The Balaban J connectivity index is 2.35. The van der Waals surface area contributed by atoms with Gasteiger partial charge in [-0.1, -0.05) is 15.9 Å². The molecule has 0 saturated carbocycles. The summed E-state index contributed by atoms with van der Waals surface area (Å²) >= 11 is 2.94. The average Bonchev–Trinajstić information content (AvgIpc) is 2.35. The summed E-state index contributed by atoms with van der Waals surface area (Å²) in [7, 11) is -3.20. The van der Waals surface area contributed by atoms with E-state index in [1.165, 1.54) is 0 Å². The monoisotopic (exact) mass is 369 g/mol. The fourth-order valence-electron chi connectivity index (χ4n) is 2.02. The van der Waals surface area contributed by atoms with Crippen LogP contribution in [0.1, 0.15) is 33.6 Å². The van der Waals surface area contributed by atoms with E-state index in [1.54, 1.807) is 4.90 Å². The zero-order valence-corrected chi connectivity index (χ0v) is 14.7. The molecule has 1 aliphatic heterocycles. The third-order valence-corrected chi connectivity index (χ3v) is 5.82. The number of amides is 2. The van der Waals surface area contributed by atoms with E-state index < -0.39 is 10.0 Å². The highest BCUT2D eigenvalue weighted by atomic mass is 79.9. The van der Waals surface area contributed by atoms with Gasteiger partial charge in [-0.25, -0.2) is 17.9 Å². The molecular weight excluding hydrogens is 346 g/mol. The Morgan fingerprint density at radius 3 is 2.30 bits per heavy atom. The maximum absolute atomic E-state index is 12.0. The SMILES string of the molecule is CC(C)(C)NC(=O)N1CCC(CNS(=O)(=O)CBr)CC1. The molecule has 6 nitrogen and oxygen atoms in total. The van der Waals surface area contributed by atoms with Gasteiger partial charge >= 0.3 is 6.03 Å². The van der Waals surface area contributed by atoms with E-state index in [4.69, 9.17) is 0 Å². The number of nitrogens with one attached hydrogen (secondary N) is 2. The molecule has 0 bridgehead atoms. The van der Waals surface area contributed by atoms with Crippen molar-refractivity contribution in [3.05, 3.63) is 0 Å². The molecule has 0 unspecified atom stereocenters. The second-order valence-electron chi connectivity index (χ2n) is 6.18. The summed E-state index contributed by atoms with van der Waals surface area (Å²) in [5.74, 6) is 0.294. The van der Waals surface area contributed by atoms with Crippen LogP contribution in [0.15, 0.2) is 0 Å². The molecule has 0 aromatic rings. The van der Waals surface area contributed by atoms with Crippen LogP contribution in [0.25, 0.3) is 0 Å². The number of likely N-dealkylation sites (tertiary alicyclic amines) is 1. The van der Waals surface area contributed by atoms with Gasteiger partial charge in [0.1, 0.15) is 4.66 Å². The standard InChI is InChI=1S/C12H24BrN3O3S/c1-12(2,3)15-11(17)16-6-4-10(5-7-16)8-14-20(18,19)9-13/h10,14H,4-9H2,1-3H3,(H,15,17). The summed E-state index contributed by atoms with van der Waals surface area (Å²) in [6.07, 6.45) is 1.64. The fourth-order valence-corrected chi connectivity index (χ4v) is 3.08. The topological polar surface area (TPSA) is 78.5 Å². The number of rotatable bonds is 4. The minimum absolute atomic E-state index is 0.0445. The van der Waals surface area contributed by atoms with Crippen molar-refractivity contribution in [3.8, 4) is 0 Å². The molecule has 118 valence electrons. The first-order chi connectivity index (χ1) is 9.13. The lowest BCUT2D eigenvalue weighted by Crippen LogP contribution is -2.51. The normalized spacial score (nSPS) is 18.1. The van der Waals surface area contributed by atoms with Crippen molar-refractivity contribution >= 4 is 32.0 Å². The van der Waals surface area contributed by atoms with E-state index in [9.17, 15) is 13.2 Å². The van der Waals surface area contributed by atoms with Crippen LogP contribution in [0.3, 0.4) is 0 Å². The molecule has 1 aliphatic rings. The smallest absolute Gasteiger partial charge is 0.317 e. The van der Waals surface area contributed by atoms with Crippen molar-refractivity contribution in [1.82, 2.24) is 14.9 Å². The molecule has 1 rings (SSSR count). The van der Waals surface area contributed by atoms with Crippen LogP contribution in [0.4, 0.5) is 4.79 Å². The predicted octanol–water partition coefficient (Wildman–Crippen LogP) is 1.48. The van der Waals surface area contributed by atoms with Gasteiger partial charge in [0.15, 0.2) is 0 Å².